The highest BCUT2D eigenvalue weighted by atomic mass is 35.5. The fourth-order valence-electron chi connectivity index (χ4n) is 2.17. The van der Waals surface area contributed by atoms with Gasteiger partial charge in [-0.15, -0.1) is 10.2 Å². The Balaban J connectivity index is 1.77. The summed E-state index contributed by atoms with van der Waals surface area (Å²) in [5.41, 5.74) is 0.681. The largest absolute Gasteiger partial charge is 0.475 e. The Kier molecular flexibility index (Phi) is 4.61. The summed E-state index contributed by atoms with van der Waals surface area (Å²) in [5.74, 6) is 0.575. The van der Waals surface area contributed by atoms with E-state index in [1.807, 2.05) is 13.8 Å². The first-order chi connectivity index (χ1) is 11.6. The van der Waals surface area contributed by atoms with Crippen molar-refractivity contribution in [1.29, 1.82) is 0 Å². The first kappa shape index (κ1) is 16.2. The third-order valence-electron chi connectivity index (χ3n) is 3.31. The van der Waals surface area contributed by atoms with Gasteiger partial charge >= 0.3 is 0 Å². The van der Waals surface area contributed by atoms with Gasteiger partial charge in [-0.2, -0.15) is 5.10 Å². The van der Waals surface area contributed by atoms with Crippen LogP contribution in [-0.2, 0) is 13.1 Å². The molecule has 0 saturated heterocycles. The lowest BCUT2D eigenvalue weighted by Crippen LogP contribution is -2.25. The zero-order chi connectivity index (χ0) is 17.1. The topological polar surface area (TPSA) is 99.2 Å². The predicted octanol–water partition coefficient (Wildman–Crippen LogP) is 1.32. The maximum Gasteiger partial charge on any atom is 0.273 e. The van der Waals surface area contributed by atoms with Gasteiger partial charge in [-0.1, -0.05) is 11.6 Å². The van der Waals surface area contributed by atoms with Crippen LogP contribution < -0.4 is 10.1 Å². The van der Waals surface area contributed by atoms with E-state index in [-0.39, 0.29) is 18.1 Å². The van der Waals surface area contributed by atoms with E-state index in [0.29, 0.717) is 35.5 Å². The lowest BCUT2D eigenvalue weighted by atomic mass is 10.4. The van der Waals surface area contributed by atoms with Crippen molar-refractivity contribution in [3.8, 4) is 5.88 Å². The van der Waals surface area contributed by atoms with E-state index in [4.69, 9.17) is 16.3 Å². The lowest BCUT2D eigenvalue weighted by molar-refractivity contribution is 0.0944. The Labute approximate surface area is 142 Å². The molecule has 0 radical (unpaired) electrons. The quantitative estimate of drug-likeness (QED) is 0.720. The smallest absolute Gasteiger partial charge is 0.273 e. The summed E-state index contributed by atoms with van der Waals surface area (Å²) in [6, 6.07) is 0. The van der Waals surface area contributed by atoms with Crippen LogP contribution in [0.2, 0.25) is 5.02 Å². The number of carbonyl (C=O) groups excluding carboxylic acids is 1. The minimum atomic E-state index is -0.372. The van der Waals surface area contributed by atoms with Gasteiger partial charge in [0.15, 0.2) is 11.5 Å². The summed E-state index contributed by atoms with van der Waals surface area (Å²) in [7, 11) is 0. The van der Waals surface area contributed by atoms with E-state index in [9.17, 15) is 4.79 Å². The number of hydrogen-bond acceptors (Lipinski definition) is 6. The van der Waals surface area contributed by atoms with Gasteiger partial charge in [0.1, 0.15) is 0 Å². The summed E-state index contributed by atoms with van der Waals surface area (Å²) in [5, 5.41) is 15.3. The second-order valence-electron chi connectivity index (χ2n) is 4.84. The number of amides is 1. The average Bonchev–Trinajstić information content (AvgIpc) is 3.17. The molecule has 3 aromatic heterocycles. The Hall–Kier alpha value is -2.68. The molecular formula is C14H16ClN7O2. The number of halogens is 1. The van der Waals surface area contributed by atoms with Gasteiger partial charge in [-0.25, -0.2) is 4.98 Å². The maximum atomic E-state index is 12.2. The number of aryl methyl sites for hydroxylation is 1. The number of carbonyl (C=O) groups is 1. The number of aromatic nitrogens is 6. The monoisotopic (exact) mass is 349 g/mol. The summed E-state index contributed by atoms with van der Waals surface area (Å²) >= 11 is 6.03. The standard InChI is InChI=1S/C14H16ClN7O2/c1-3-21-8-9(15)11(20-21)13(23)17-7-10-18-19-12-14(24-4-2)16-5-6-22(10)12/h5-6,8H,3-4,7H2,1-2H3,(H,17,23). The second-order valence-corrected chi connectivity index (χ2v) is 5.25. The molecule has 0 aliphatic carbocycles. The minimum Gasteiger partial charge on any atom is -0.475 e. The highest BCUT2D eigenvalue weighted by Crippen LogP contribution is 2.16. The van der Waals surface area contributed by atoms with Crippen LogP contribution >= 0.6 is 11.6 Å². The molecule has 3 rings (SSSR count). The first-order valence-electron chi connectivity index (χ1n) is 7.46. The van der Waals surface area contributed by atoms with Gasteiger partial charge in [0.25, 0.3) is 11.8 Å². The molecule has 0 spiro atoms. The molecule has 3 aromatic rings. The van der Waals surface area contributed by atoms with Gasteiger partial charge in [0.2, 0.25) is 5.65 Å². The maximum absolute atomic E-state index is 12.2. The third-order valence-corrected chi connectivity index (χ3v) is 3.59. The van der Waals surface area contributed by atoms with Crippen LogP contribution in [0.15, 0.2) is 18.6 Å². The number of nitrogens with zero attached hydrogens (tertiary/aromatic N) is 6. The average molecular weight is 350 g/mol. The van der Waals surface area contributed by atoms with E-state index in [1.54, 1.807) is 27.7 Å². The van der Waals surface area contributed by atoms with E-state index in [0.717, 1.165) is 0 Å². The first-order valence-corrected chi connectivity index (χ1v) is 7.84. The van der Waals surface area contributed by atoms with E-state index in [2.05, 4.69) is 25.6 Å². The van der Waals surface area contributed by atoms with Crippen molar-refractivity contribution in [1.82, 2.24) is 34.7 Å². The van der Waals surface area contributed by atoms with Gasteiger partial charge in [0, 0.05) is 25.1 Å². The molecule has 1 amide bonds. The van der Waals surface area contributed by atoms with Gasteiger partial charge in [-0.3, -0.25) is 13.9 Å². The van der Waals surface area contributed by atoms with Crippen LogP contribution in [0.5, 0.6) is 5.88 Å². The Morgan fingerprint density at radius 2 is 2.21 bits per heavy atom. The highest BCUT2D eigenvalue weighted by Gasteiger charge is 2.17. The Morgan fingerprint density at radius 1 is 1.38 bits per heavy atom. The molecule has 126 valence electrons. The van der Waals surface area contributed by atoms with Crippen LogP contribution in [0.3, 0.4) is 0 Å². The number of rotatable bonds is 6. The summed E-state index contributed by atoms with van der Waals surface area (Å²) in [6.45, 7) is 5.06. The molecule has 9 nitrogen and oxygen atoms in total. The molecule has 24 heavy (non-hydrogen) atoms. The molecule has 3 heterocycles. The van der Waals surface area contributed by atoms with Crippen molar-refractivity contribution in [3.63, 3.8) is 0 Å². The fraction of sp³-hybridized carbons (Fsp3) is 0.357. The number of ether oxygens (including phenoxy) is 1. The molecule has 10 heteroatoms. The normalized spacial score (nSPS) is 11.0. The molecule has 0 aliphatic rings. The van der Waals surface area contributed by atoms with Crippen LogP contribution in [0, 0.1) is 0 Å². The van der Waals surface area contributed by atoms with Crippen molar-refractivity contribution >= 4 is 23.2 Å². The summed E-state index contributed by atoms with van der Waals surface area (Å²) in [4.78, 5) is 16.3. The van der Waals surface area contributed by atoms with Crippen LogP contribution in [0.4, 0.5) is 0 Å². The minimum absolute atomic E-state index is 0.172. The Morgan fingerprint density at radius 3 is 2.92 bits per heavy atom. The van der Waals surface area contributed by atoms with Crippen LogP contribution in [0.1, 0.15) is 30.2 Å². The van der Waals surface area contributed by atoms with Gasteiger partial charge in [0.05, 0.1) is 18.2 Å². The van der Waals surface area contributed by atoms with Gasteiger partial charge in [-0.05, 0) is 13.8 Å². The summed E-state index contributed by atoms with van der Waals surface area (Å²) < 4.78 is 8.72. The number of nitrogens with one attached hydrogen (secondary N) is 1. The predicted molar refractivity (Wildman–Crippen MR) is 86.0 cm³/mol. The molecule has 1 N–H and O–H groups in total. The molecule has 0 bridgehead atoms. The van der Waals surface area contributed by atoms with Crippen molar-refractivity contribution in [3.05, 3.63) is 35.1 Å². The van der Waals surface area contributed by atoms with E-state index >= 15 is 0 Å². The Bertz CT molecular complexity index is 873. The fourth-order valence-corrected chi connectivity index (χ4v) is 2.40. The van der Waals surface area contributed by atoms with Gasteiger partial charge < -0.3 is 10.1 Å². The third kappa shape index (κ3) is 3.02. The molecule has 0 unspecified atom stereocenters. The van der Waals surface area contributed by atoms with E-state index in [1.165, 1.54) is 0 Å². The molecule has 0 atom stereocenters. The lowest BCUT2D eigenvalue weighted by Gasteiger charge is -2.04. The number of fused-ring (bicyclic) bond motifs is 1. The molecule has 0 saturated carbocycles. The van der Waals surface area contributed by atoms with E-state index < -0.39 is 0 Å². The van der Waals surface area contributed by atoms with Crippen molar-refractivity contribution in [2.24, 2.45) is 0 Å². The molecule has 0 aliphatic heterocycles. The van der Waals surface area contributed by atoms with Crippen molar-refractivity contribution in [2.45, 2.75) is 26.9 Å². The molecule has 0 fully saturated rings. The van der Waals surface area contributed by atoms with Crippen molar-refractivity contribution < 1.29 is 9.53 Å². The van der Waals surface area contributed by atoms with Crippen LogP contribution in [0.25, 0.3) is 5.65 Å². The highest BCUT2D eigenvalue weighted by molar-refractivity contribution is 6.33. The zero-order valence-electron chi connectivity index (χ0n) is 13.2. The molecule has 0 aromatic carbocycles. The SMILES string of the molecule is CCOc1nccn2c(CNC(=O)c3nn(CC)cc3Cl)nnc12. The second kappa shape index (κ2) is 6.83. The summed E-state index contributed by atoms with van der Waals surface area (Å²) in [6.07, 6.45) is 4.91. The molecular weight excluding hydrogens is 334 g/mol. The zero-order valence-corrected chi connectivity index (χ0v) is 14.0. The number of hydrogen-bond donors (Lipinski definition) is 1. The van der Waals surface area contributed by atoms with Crippen molar-refractivity contribution in [2.75, 3.05) is 6.61 Å². The van der Waals surface area contributed by atoms with Crippen LogP contribution in [-0.4, -0.2) is 41.9 Å².